The second kappa shape index (κ2) is 4.66. The summed E-state index contributed by atoms with van der Waals surface area (Å²) in [7, 11) is 0. The molecule has 1 heterocycles. The third-order valence-corrected chi connectivity index (χ3v) is 3.85. The first-order valence-electron chi connectivity index (χ1n) is 6.62. The molecule has 0 amide bonds. The highest BCUT2D eigenvalue weighted by Gasteiger charge is 2.28. The molecule has 5 heteroatoms. The molecular weight excluding hydrogens is 242 g/mol. The molecule has 1 aliphatic carbocycles. The number of nitrogens with zero attached hydrogens (tertiary/aromatic N) is 2. The topological polar surface area (TPSA) is 81.1 Å². The minimum Gasteiger partial charge on any atom is -0.393 e. The first-order valence-corrected chi connectivity index (χ1v) is 6.62. The first-order chi connectivity index (χ1) is 9.16. The van der Waals surface area contributed by atoms with E-state index in [2.05, 4.69) is 4.98 Å². The fourth-order valence-electron chi connectivity index (χ4n) is 2.78. The van der Waals surface area contributed by atoms with E-state index in [0.29, 0.717) is 25.7 Å². The van der Waals surface area contributed by atoms with Crippen LogP contribution in [0.15, 0.2) is 24.3 Å². The van der Waals surface area contributed by atoms with Crippen LogP contribution in [-0.2, 0) is 0 Å². The molecule has 1 aromatic carbocycles. The van der Waals surface area contributed by atoms with Gasteiger partial charge in [-0.2, -0.15) is 0 Å². The van der Waals surface area contributed by atoms with Crippen LogP contribution in [0.1, 0.15) is 30.5 Å². The second-order valence-electron chi connectivity index (χ2n) is 5.14. The highest BCUT2D eigenvalue weighted by atomic mass is 16.3. The largest absolute Gasteiger partial charge is 0.393 e. The van der Waals surface area contributed by atoms with Gasteiger partial charge in [-0.3, -0.25) is 4.79 Å². The van der Waals surface area contributed by atoms with E-state index in [0.717, 1.165) is 11.0 Å². The number of anilines is 1. The Hall–Kier alpha value is -1.88. The van der Waals surface area contributed by atoms with E-state index in [1.807, 2.05) is 24.3 Å². The number of imidazole rings is 1. The number of carbonyl (C=O) groups excluding carboxylic acids is 1. The standard InChI is InChI=1S/C14H17N3O2/c15-14-16-11-3-1-2-4-12(11)17(14)13(19)9-5-7-10(18)8-6-9/h1-4,9-10,18H,5-8H2,(H2,15,16). The number of para-hydroxylation sites is 2. The number of aliphatic hydroxyl groups is 1. The molecule has 0 bridgehead atoms. The molecule has 0 atom stereocenters. The number of aliphatic hydroxyl groups excluding tert-OH is 1. The lowest BCUT2D eigenvalue weighted by Gasteiger charge is -2.24. The van der Waals surface area contributed by atoms with Gasteiger partial charge in [-0.15, -0.1) is 0 Å². The first kappa shape index (κ1) is 12.2. The van der Waals surface area contributed by atoms with Crippen LogP contribution in [0.25, 0.3) is 11.0 Å². The summed E-state index contributed by atoms with van der Waals surface area (Å²) in [5.74, 6) is 0.179. The third-order valence-electron chi connectivity index (χ3n) is 3.85. The molecule has 1 aromatic heterocycles. The van der Waals surface area contributed by atoms with Crippen molar-refractivity contribution in [3.05, 3.63) is 24.3 Å². The van der Waals surface area contributed by atoms with Gasteiger partial charge in [0.1, 0.15) is 0 Å². The van der Waals surface area contributed by atoms with Gasteiger partial charge in [0, 0.05) is 5.92 Å². The van der Waals surface area contributed by atoms with Crippen molar-refractivity contribution >= 4 is 22.9 Å². The zero-order valence-corrected chi connectivity index (χ0v) is 10.6. The van der Waals surface area contributed by atoms with Crippen molar-refractivity contribution in [3.8, 4) is 0 Å². The SMILES string of the molecule is Nc1nc2ccccc2n1C(=O)C1CCC(O)CC1. The van der Waals surface area contributed by atoms with Crippen molar-refractivity contribution in [2.45, 2.75) is 31.8 Å². The maximum atomic E-state index is 12.6. The summed E-state index contributed by atoms with van der Waals surface area (Å²) < 4.78 is 1.51. The molecule has 0 radical (unpaired) electrons. The molecule has 3 rings (SSSR count). The van der Waals surface area contributed by atoms with E-state index in [1.165, 1.54) is 4.57 Å². The summed E-state index contributed by atoms with van der Waals surface area (Å²) in [4.78, 5) is 16.8. The predicted octanol–water partition coefficient (Wildman–Crippen LogP) is 1.81. The molecule has 1 aliphatic rings. The van der Waals surface area contributed by atoms with E-state index < -0.39 is 0 Å². The number of nitrogen functional groups attached to an aromatic ring is 1. The molecule has 1 fully saturated rings. The lowest BCUT2D eigenvalue weighted by Crippen LogP contribution is -2.28. The smallest absolute Gasteiger partial charge is 0.237 e. The molecule has 2 aromatic rings. The zero-order valence-electron chi connectivity index (χ0n) is 10.6. The number of hydrogen-bond acceptors (Lipinski definition) is 4. The Morgan fingerprint density at radius 3 is 2.68 bits per heavy atom. The van der Waals surface area contributed by atoms with Crippen molar-refractivity contribution in [2.24, 2.45) is 5.92 Å². The Morgan fingerprint density at radius 1 is 1.26 bits per heavy atom. The lowest BCUT2D eigenvalue weighted by molar-refractivity contribution is 0.0694. The van der Waals surface area contributed by atoms with Gasteiger partial charge in [0.05, 0.1) is 17.1 Å². The molecule has 0 unspecified atom stereocenters. The lowest BCUT2D eigenvalue weighted by atomic mass is 9.87. The molecule has 0 saturated heterocycles. The molecular formula is C14H17N3O2. The summed E-state index contributed by atoms with van der Waals surface area (Å²) >= 11 is 0. The number of fused-ring (bicyclic) bond motifs is 1. The van der Waals surface area contributed by atoms with E-state index in [9.17, 15) is 9.90 Å². The van der Waals surface area contributed by atoms with Crippen LogP contribution < -0.4 is 5.73 Å². The Balaban J connectivity index is 1.95. The van der Waals surface area contributed by atoms with Crippen LogP contribution in [0.2, 0.25) is 0 Å². The summed E-state index contributed by atoms with van der Waals surface area (Å²) in [6, 6.07) is 7.45. The summed E-state index contributed by atoms with van der Waals surface area (Å²) in [6.45, 7) is 0. The number of benzene rings is 1. The van der Waals surface area contributed by atoms with Gasteiger partial charge < -0.3 is 10.8 Å². The highest BCUT2D eigenvalue weighted by Crippen LogP contribution is 2.28. The molecule has 3 N–H and O–H groups in total. The van der Waals surface area contributed by atoms with Crippen molar-refractivity contribution in [1.29, 1.82) is 0 Å². The van der Waals surface area contributed by atoms with Crippen LogP contribution in [0.4, 0.5) is 5.95 Å². The molecule has 0 aliphatic heterocycles. The minimum absolute atomic E-state index is 0.00176. The van der Waals surface area contributed by atoms with E-state index in [4.69, 9.17) is 5.73 Å². The quantitative estimate of drug-likeness (QED) is 0.818. The maximum Gasteiger partial charge on any atom is 0.237 e. The van der Waals surface area contributed by atoms with Gasteiger partial charge in [-0.05, 0) is 37.8 Å². The number of carbonyl (C=O) groups is 1. The highest BCUT2D eigenvalue weighted by molar-refractivity contribution is 5.94. The number of hydrogen-bond donors (Lipinski definition) is 2. The predicted molar refractivity (Wildman–Crippen MR) is 72.7 cm³/mol. The number of aromatic nitrogens is 2. The average Bonchev–Trinajstić information content (AvgIpc) is 2.74. The second-order valence-corrected chi connectivity index (χ2v) is 5.14. The molecule has 0 spiro atoms. The van der Waals surface area contributed by atoms with Gasteiger partial charge >= 0.3 is 0 Å². The average molecular weight is 259 g/mol. The number of rotatable bonds is 1. The van der Waals surface area contributed by atoms with E-state index in [-0.39, 0.29) is 23.9 Å². The summed E-state index contributed by atoms with van der Waals surface area (Å²) in [5, 5.41) is 9.51. The van der Waals surface area contributed by atoms with Gasteiger partial charge in [-0.1, -0.05) is 12.1 Å². The molecule has 1 saturated carbocycles. The van der Waals surface area contributed by atoms with Gasteiger partial charge in [0.15, 0.2) is 0 Å². The van der Waals surface area contributed by atoms with Gasteiger partial charge in [0.25, 0.3) is 0 Å². The zero-order chi connectivity index (χ0) is 13.4. The van der Waals surface area contributed by atoms with Crippen LogP contribution in [0.3, 0.4) is 0 Å². The Kier molecular flexibility index (Phi) is 2.98. The van der Waals surface area contributed by atoms with Crippen molar-refractivity contribution in [1.82, 2.24) is 9.55 Å². The Morgan fingerprint density at radius 2 is 1.95 bits per heavy atom. The molecule has 5 nitrogen and oxygen atoms in total. The summed E-state index contributed by atoms with van der Waals surface area (Å²) in [6.07, 6.45) is 2.53. The monoisotopic (exact) mass is 259 g/mol. The third kappa shape index (κ3) is 2.10. The van der Waals surface area contributed by atoms with Gasteiger partial charge in [-0.25, -0.2) is 9.55 Å². The maximum absolute atomic E-state index is 12.6. The van der Waals surface area contributed by atoms with Crippen LogP contribution in [0.5, 0.6) is 0 Å². The minimum atomic E-state index is -0.263. The fourth-order valence-corrected chi connectivity index (χ4v) is 2.78. The molecule has 19 heavy (non-hydrogen) atoms. The number of nitrogens with two attached hydrogens (primary N) is 1. The van der Waals surface area contributed by atoms with Crippen LogP contribution in [0, 0.1) is 5.92 Å². The summed E-state index contributed by atoms with van der Waals surface area (Å²) in [5.41, 5.74) is 7.37. The van der Waals surface area contributed by atoms with E-state index in [1.54, 1.807) is 0 Å². The van der Waals surface area contributed by atoms with Crippen LogP contribution >= 0.6 is 0 Å². The van der Waals surface area contributed by atoms with Crippen molar-refractivity contribution in [2.75, 3.05) is 5.73 Å². The van der Waals surface area contributed by atoms with Gasteiger partial charge in [0.2, 0.25) is 11.9 Å². The normalized spacial score (nSPS) is 23.6. The van der Waals surface area contributed by atoms with Crippen molar-refractivity contribution < 1.29 is 9.90 Å². The van der Waals surface area contributed by atoms with Crippen molar-refractivity contribution in [3.63, 3.8) is 0 Å². The fraction of sp³-hybridized carbons (Fsp3) is 0.429. The Labute approximate surface area is 111 Å². The Bertz CT molecular complexity index is 612. The van der Waals surface area contributed by atoms with E-state index >= 15 is 0 Å². The molecule has 100 valence electrons. The van der Waals surface area contributed by atoms with Crippen LogP contribution in [-0.4, -0.2) is 26.7 Å².